The normalized spacial score (nSPS) is 14.5. The van der Waals surface area contributed by atoms with Crippen LogP contribution in [-0.2, 0) is 11.3 Å². The summed E-state index contributed by atoms with van der Waals surface area (Å²) in [6.07, 6.45) is 0. The molecule has 1 aliphatic heterocycles. The molecule has 33 heavy (non-hydrogen) atoms. The largest absolute Gasteiger partial charge is 0.339 e. The fourth-order valence-corrected chi connectivity index (χ4v) is 5.22. The molecular formula is C28H27N3OS. The summed E-state index contributed by atoms with van der Waals surface area (Å²) in [5.74, 6) is -0.0713. The third kappa shape index (κ3) is 5.05. The first-order chi connectivity index (χ1) is 16.3. The SMILES string of the molecule is O=C(C(c1ccccc1)c1ccccc1)N1CCN(Cc2csc(-c3ccccc3)n2)CC1. The second-order valence-electron chi connectivity index (χ2n) is 8.37. The van der Waals surface area contributed by atoms with E-state index in [1.54, 1.807) is 11.3 Å². The van der Waals surface area contributed by atoms with Crippen LogP contribution in [0.2, 0.25) is 0 Å². The number of rotatable bonds is 6. The minimum Gasteiger partial charge on any atom is -0.339 e. The quantitative estimate of drug-likeness (QED) is 0.398. The molecule has 2 heterocycles. The van der Waals surface area contributed by atoms with E-state index in [2.05, 4.69) is 46.7 Å². The first kappa shape index (κ1) is 21.6. The van der Waals surface area contributed by atoms with Gasteiger partial charge in [-0.15, -0.1) is 11.3 Å². The van der Waals surface area contributed by atoms with Crippen molar-refractivity contribution in [3.05, 3.63) is 113 Å². The van der Waals surface area contributed by atoms with Crippen LogP contribution in [0.4, 0.5) is 0 Å². The van der Waals surface area contributed by atoms with Crippen LogP contribution in [0.1, 0.15) is 22.7 Å². The van der Waals surface area contributed by atoms with E-state index in [4.69, 9.17) is 4.98 Å². The van der Waals surface area contributed by atoms with Crippen molar-refractivity contribution in [2.45, 2.75) is 12.5 Å². The zero-order valence-corrected chi connectivity index (χ0v) is 19.3. The van der Waals surface area contributed by atoms with Gasteiger partial charge in [0.2, 0.25) is 5.91 Å². The van der Waals surface area contributed by atoms with Gasteiger partial charge in [0.15, 0.2) is 0 Å². The van der Waals surface area contributed by atoms with Gasteiger partial charge in [-0.2, -0.15) is 0 Å². The third-order valence-corrected chi connectivity index (χ3v) is 7.09. The lowest BCUT2D eigenvalue weighted by atomic mass is 9.90. The Labute approximate surface area is 199 Å². The maximum absolute atomic E-state index is 13.6. The fourth-order valence-electron chi connectivity index (χ4n) is 4.40. The van der Waals surface area contributed by atoms with Crippen molar-refractivity contribution in [3.63, 3.8) is 0 Å². The van der Waals surface area contributed by atoms with Crippen molar-refractivity contribution >= 4 is 17.2 Å². The number of thiazole rings is 1. The zero-order valence-electron chi connectivity index (χ0n) is 18.5. The Morgan fingerprint density at radius 2 is 1.33 bits per heavy atom. The molecule has 0 spiro atoms. The molecule has 0 saturated carbocycles. The van der Waals surface area contributed by atoms with Crippen molar-refractivity contribution in [1.82, 2.24) is 14.8 Å². The Hall–Kier alpha value is -3.28. The molecule has 4 aromatic rings. The molecule has 0 aliphatic carbocycles. The summed E-state index contributed by atoms with van der Waals surface area (Å²) >= 11 is 1.69. The molecule has 0 unspecified atom stereocenters. The van der Waals surface area contributed by atoms with Gasteiger partial charge in [-0.3, -0.25) is 9.69 Å². The van der Waals surface area contributed by atoms with Crippen molar-refractivity contribution < 1.29 is 4.79 Å². The number of carbonyl (C=O) groups excluding carboxylic acids is 1. The number of amides is 1. The molecule has 166 valence electrons. The highest BCUT2D eigenvalue weighted by Gasteiger charge is 2.29. The number of nitrogens with zero attached hydrogens (tertiary/aromatic N) is 3. The first-order valence-corrected chi connectivity index (χ1v) is 12.3. The molecule has 1 aromatic heterocycles. The van der Waals surface area contributed by atoms with Crippen LogP contribution in [0.5, 0.6) is 0 Å². The van der Waals surface area contributed by atoms with Gasteiger partial charge in [0.25, 0.3) is 0 Å². The van der Waals surface area contributed by atoms with E-state index < -0.39 is 0 Å². The molecule has 0 bridgehead atoms. The van der Waals surface area contributed by atoms with Gasteiger partial charge in [-0.05, 0) is 11.1 Å². The first-order valence-electron chi connectivity index (χ1n) is 11.4. The highest BCUT2D eigenvalue weighted by atomic mass is 32.1. The molecule has 0 N–H and O–H groups in total. The Bertz CT molecular complexity index is 1130. The molecular weight excluding hydrogens is 426 g/mol. The molecule has 1 fully saturated rings. The second-order valence-corrected chi connectivity index (χ2v) is 9.22. The Balaban J connectivity index is 1.24. The summed E-state index contributed by atoms with van der Waals surface area (Å²) in [6.45, 7) is 4.03. The van der Waals surface area contributed by atoms with Gasteiger partial charge < -0.3 is 4.90 Å². The molecule has 0 atom stereocenters. The average molecular weight is 454 g/mol. The van der Waals surface area contributed by atoms with E-state index in [1.807, 2.05) is 59.5 Å². The summed E-state index contributed by atoms with van der Waals surface area (Å²) in [4.78, 5) is 22.9. The van der Waals surface area contributed by atoms with Gasteiger partial charge in [-0.1, -0.05) is 91.0 Å². The highest BCUT2D eigenvalue weighted by Crippen LogP contribution is 2.28. The topological polar surface area (TPSA) is 36.4 Å². The molecule has 5 heteroatoms. The monoisotopic (exact) mass is 453 g/mol. The Kier molecular flexibility index (Phi) is 6.61. The molecule has 1 aliphatic rings. The van der Waals surface area contributed by atoms with Crippen molar-refractivity contribution in [1.29, 1.82) is 0 Å². The van der Waals surface area contributed by atoms with E-state index >= 15 is 0 Å². The molecule has 3 aromatic carbocycles. The summed E-state index contributed by atoms with van der Waals surface area (Å²) < 4.78 is 0. The van der Waals surface area contributed by atoms with Crippen LogP contribution in [0, 0.1) is 0 Å². The van der Waals surface area contributed by atoms with Gasteiger partial charge in [0, 0.05) is 43.7 Å². The van der Waals surface area contributed by atoms with Crippen molar-refractivity contribution in [2.24, 2.45) is 0 Å². The third-order valence-electron chi connectivity index (χ3n) is 6.15. The molecule has 4 nitrogen and oxygen atoms in total. The second kappa shape index (κ2) is 10.1. The Morgan fingerprint density at radius 1 is 0.788 bits per heavy atom. The predicted octanol–water partition coefficient (Wildman–Crippen LogP) is 5.29. The van der Waals surface area contributed by atoms with E-state index in [-0.39, 0.29) is 11.8 Å². The molecule has 1 saturated heterocycles. The minimum absolute atomic E-state index is 0.187. The van der Waals surface area contributed by atoms with E-state index in [0.29, 0.717) is 0 Å². The lowest BCUT2D eigenvalue weighted by Crippen LogP contribution is -2.49. The molecule has 5 rings (SSSR count). The highest BCUT2D eigenvalue weighted by molar-refractivity contribution is 7.13. The predicted molar refractivity (Wildman–Crippen MR) is 134 cm³/mol. The number of aromatic nitrogens is 1. The van der Waals surface area contributed by atoms with E-state index in [9.17, 15) is 4.79 Å². The summed E-state index contributed by atoms with van der Waals surface area (Å²) in [6, 6.07) is 30.6. The number of benzene rings is 3. The maximum atomic E-state index is 13.6. The number of piperazine rings is 1. The standard InChI is InChI=1S/C28H27N3OS/c32-28(26(22-10-4-1-5-11-22)23-12-6-2-7-13-23)31-18-16-30(17-19-31)20-25-21-33-27(29-25)24-14-8-3-9-15-24/h1-15,21,26H,16-20H2. The minimum atomic E-state index is -0.258. The summed E-state index contributed by atoms with van der Waals surface area (Å²) in [5, 5.41) is 3.22. The zero-order chi connectivity index (χ0) is 22.5. The number of carbonyl (C=O) groups is 1. The van der Waals surface area contributed by atoms with Gasteiger partial charge in [0.1, 0.15) is 5.01 Å². The average Bonchev–Trinajstić information content (AvgIpc) is 3.35. The lowest BCUT2D eigenvalue weighted by Gasteiger charge is -2.36. The van der Waals surface area contributed by atoms with Crippen LogP contribution in [-0.4, -0.2) is 46.9 Å². The maximum Gasteiger partial charge on any atom is 0.234 e. The van der Waals surface area contributed by atoms with Crippen molar-refractivity contribution in [2.75, 3.05) is 26.2 Å². The lowest BCUT2D eigenvalue weighted by molar-refractivity contribution is -0.133. The van der Waals surface area contributed by atoms with E-state index in [0.717, 1.165) is 60.1 Å². The number of hydrogen-bond donors (Lipinski definition) is 0. The van der Waals surface area contributed by atoms with Crippen LogP contribution in [0.3, 0.4) is 0 Å². The van der Waals surface area contributed by atoms with Crippen LogP contribution >= 0.6 is 11.3 Å². The van der Waals surface area contributed by atoms with Crippen LogP contribution in [0.25, 0.3) is 10.6 Å². The summed E-state index contributed by atoms with van der Waals surface area (Å²) in [7, 11) is 0. The van der Waals surface area contributed by atoms with Gasteiger partial charge >= 0.3 is 0 Å². The fraction of sp³-hybridized carbons (Fsp3) is 0.214. The molecule has 1 amide bonds. The van der Waals surface area contributed by atoms with Crippen LogP contribution < -0.4 is 0 Å². The van der Waals surface area contributed by atoms with Gasteiger partial charge in [-0.25, -0.2) is 4.98 Å². The van der Waals surface area contributed by atoms with Crippen LogP contribution in [0.15, 0.2) is 96.4 Å². The van der Waals surface area contributed by atoms with E-state index in [1.165, 1.54) is 0 Å². The van der Waals surface area contributed by atoms with Gasteiger partial charge in [0.05, 0.1) is 11.6 Å². The smallest absolute Gasteiger partial charge is 0.234 e. The molecule has 0 radical (unpaired) electrons. The Morgan fingerprint density at radius 3 is 1.91 bits per heavy atom. The number of hydrogen-bond acceptors (Lipinski definition) is 4. The summed E-state index contributed by atoms with van der Waals surface area (Å²) in [5.41, 5.74) is 4.36. The van der Waals surface area contributed by atoms with Crippen molar-refractivity contribution in [3.8, 4) is 10.6 Å².